The number of nitrogens with zero attached hydrogens (tertiary/aromatic N) is 3. The van der Waals surface area contributed by atoms with Gasteiger partial charge >= 0.3 is 5.97 Å². The molecule has 5 nitrogen and oxygen atoms in total. The Balaban J connectivity index is 0.000000244. The zero-order chi connectivity index (χ0) is 40.9. The number of hydrogen-bond donors (Lipinski definition) is 0. The standard InChI is InChI=1S/C21H15NO2.C18H13N.C14H11N.3CH4/c1-15-2-6-19(7-3-15)21(23)24-20-12-10-18(11-13-20)17-8-4-16(14-22)5-9-17;1-13-2-5-18-11-17(9-8-16(18)10-13)15-6-3-14(12-19)4-7-15;1-11-2-6-13(7-3-11)14-8-4-12(10-15)5-9-14;;;/h2-13H,1H3;2-11H,1H3;2-9H,1H3;3*1H4. The van der Waals surface area contributed by atoms with Crippen molar-refractivity contribution in [3.63, 3.8) is 0 Å². The molecule has 0 N–H and O–H groups in total. The molecule has 5 heteroatoms. The zero-order valence-electron chi connectivity index (χ0n) is 32.5. The smallest absolute Gasteiger partial charge is 0.343 e. The summed E-state index contributed by atoms with van der Waals surface area (Å²) in [6.45, 7) is 6.15. The quantitative estimate of drug-likeness (QED) is 0.128. The van der Waals surface area contributed by atoms with Crippen LogP contribution in [-0.2, 0) is 0 Å². The minimum atomic E-state index is -0.374. The molecule has 0 aliphatic heterocycles. The minimum Gasteiger partial charge on any atom is -0.423 e. The van der Waals surface area contributed by atoms with Gasteiger partial charge in [0.05, 0.1) is 40.5 Å². The molecule has 8 aromatic rings. The third kappa shape index (κ3) is 13.0. The summed E-state index contributed by atoms with van der Waals surface area (Å²) in [5.41, 5.74) is 12.8. The fourth-order valence-corrected chi connectivity index (χ4v) is 6.07. The number of carbonyl (C=O) groups excluding carboxylic acids is 1. The molecule has 0 saturated heterocycles. The van der Waals surface area contributed by atoms with E-state index < -0.39 is 0 Å². The first-order valence-electron chi connectivity index (χ1n) is 18.7. The Morgan fingerprint density at radius 1 is 0.377 bits per heavy atom. The van der Waals surface area contributed by atoms with E-state index in [2.05, 4.69) is 92.7 Å². The first kappa shape index (κ1) is 47.3. The average Bonchev–Trinajstić information content (AvgIpc) is 3.27. The lowest BCUT2D eigenvalue weighted by molar-refractivity contribution is 0.0734. The van der Waals surface area contributed by atoms with Crippen molar-refractivity contribution in [2.75, 3.05) is 0 Å². The van der Waals surface area contributed by atoms with Crippen molar-refractivity contribution in [2.24, 2.45) is 0 Å². The number of fused-ring (bicyclic) bond motifs is 1. The van der Waals surface area contributed by atoms with Crippen LogP contribution < -0.4 is 4.74 Å². The molecule has 0 amide bonds. The maximum atomic E-state index is 12.1. The van der Waals surface area contributed by atoms with Crippen LogP contribution in [0, 0.1) is 54.8 Å². The summed E-state index contributed by atoms with van der Waals surface area (Å²) in [6.07, 6.45) is 0. The normalized spacial score (nSPS) is 9.51. The van der Waals surface area contributed by atoms with Crippen molar-refractivity contribution in [3.8, 4) is 57.3 Å². The van der Waals surface area contributed by atoms with Crippen molar-refractivity contribution >= 4 is 16.7 Å². The number of rotatable bonds is 5. The van der Waals surface area contributed by atoms with Gasteiger partial charge in [0, 0.05) is 0 Å². The summed E-state index contributed by atoms with van der Waals surface area (Å²) in [4.78, 5) is 12.1. The van der Waals surface area contributed by atoms with Crippen molar-refractivity contribution in [2.45, 2.75) is 43.1 Å². The number of aryl methyl sites for hydroxylation is 3. The van der Waals surface area contributed by atoms with Gasteiger partial charge in [-0.2, -0.15) is 15.8 Å². The number of nitriles is 3. The maximum absolute atomic E-state index is 12.1. The third-order valence-corrected chi connectivity index (χ3v) is 9.44. The number of benzene rings is 8. The summed E-state index contributed by atoms with van der Waals surface area (Å²) in [7, 11) is 0. The number of ether oxygens (including phenoxy) is 1. The molecule has 8 rings (SSSR count). The minimum absolute atomic E-state index is 0. The van der Waals surface area contributed by atoms with Crippen LogP contribution in [0.25, 0.3) is 44.2 Å². The Labute approximate surface area is 362 Å². The Bertz CT molecular complexity index is 2770. The molecule has 302 valence electrons. The van der Waals surface area contributed by atoms with E-state index in [1.807, 2.05) is 91.9 Å². The van der Waals surface area contributed by atoms with Crippen molar-refractivity contribution < 1.29 is 9.53 Å². The molecule has 0 aliphatic carbocycles. The van der Waals surface area contributed by atoms with E-state index in [0.29, 0.717) is 28.0 Å². The first-order valence-corrected chi connectivity index (χ1v) is 18.7. The average molecular weight is 798 g/mol. The van der Waals surface area contributed by atoms with Crippen LogP contribution in [0.2, 0.25) is 0 Å². The summed E-state index contributed by atoms with van der Waals surface area (Å²) >= 11 is 0. The molecule has 0 atom stereocenters. The number of carbonyl (C=O) groups is 1. The predicted octanol–water partition coefficient (Wildman–Crippen LogP) is 14.9. The highest BCUT2D eigenvalue weighted by Crippen LogP contribution is 2.26. The Hall–Kier alpha value is -8.04. The highest BCUT2D eigenvalue weighted by Gasteiger charge is 2.09. The SMILES string of the molecule is C.C.C.Cc1ccc(-c2ccc(C#N)cc2)cc1.Cc1ccc(C(=O)Oc2ccc(-c3ccc(C#N)cc3)cc2)cc1.Cc1ccc2cc(-c3ccc(C#N)cc3)ccc2c1. The van der Waals surface area contributed by atoms with Gasteiger partial charge in [0.2, 0.25) is 0 Å². The van der Waals surface area contributed by atoms with Crippen LogP contribution in [0.3, 0.4) is 0 Å². The van der Waals surface area contributed by atoms with Crippen molar-refractivity contribution in [3.05, 3.63) is 221 Å². The second-order valence-electron chi connectivity index (χ2n) is 13.8. The lowest BCUT2D eigenvalue weighted by Gasteiger charge is -2.06. The van der Waals surface area contributed by atoms with Crippen LogP contribution >= 0.6 is 0 Å². The lowest BCUT2D eigenvalue weighted by atomic mass is 9.99. The zero-order valence-corrected chi connectivity index (χ0v) is 32.5. The molecule has 0 bridgehead atoms. The van der Waals surface area contributed by atoms with E-state index >= 15 is 0 Å². The lowest BCUT2D eigenvalue weighted by Crippen LogP contribution is -2.08. The van der Waals surface area contributed by atoms with E-state index in [-0.39, 0.29) is 28.2 Å². The Morgan fingerprint density at radius 3 is 1.11 bits per heavy atom. The van der Waals surface area contributed by atoms with Gasteiger partial charge in [-0.3, -0.25) is 0 Å². The van der Waals surface area contributed by atoms with E-state index in [1.165, 1.54) is 33.0 Å². The van der Waals surface area contributed by atoms with Gasteiger partial charge in [0.1, 0.15) is 5.75 Å². The molecule has 0 unspecified atom stereocenters. The molecule has 8 aromatic carbocycles. The van der Waals surface area contributed by atoms with Gasteiger partial charge in [-0.15, -0.1) is 0 Å². The van der Waals surface area contributed by atoms with Gasteiger partial charge < -0.3 is 4.74 Å². The third-order valence-electron chi connectivity index (χ3n) is 9.44. The summed E-state index contributed by atoms with van der Waals surface area (Å²) < 4.78 is 5.39. The van der Waals surface area contributed by atoms with Crippen molar-refractivity contribution in [1.29, 1.82) is 15.8 Å². The van der Waals surface area contributed by atoms with Crippen LogP contribution in [0.1, 0.15) is 66.0 Å². The molecule has 0 aromatic heterocycles. The van der Waals surface area contributed by atoms with E-state index in [4.69, 9.17) is 20.5 Å². The predicted molar refractivity (Wildman–Crippen MR) is 253 cm³/mol. The largest absolute Gasteiger partial charge is 0.423 e. The van der Waals surface area contributed by atoms with Gasteiger partial charge in [-0.25, -0.2) is 4.79 Å². The Kier molecular flexibility index (Phi) is 17.7. The second kappa shape index (κ2) is 22.8. The van der Waals surface area contributed by atoms with Gasteiger partial charge in [-0.1, -0.05) is 154 Å². The molecule has 0 fully saturated rings. The molecule has 0 radical (unpaired) electrons. The molecule has 61 heavy (non-hydrogen) atoms. The second-order valence-corrected chi connectivity index (χ2v) is 13.8. The summed E-state index contributed by atoms with van der Waals surface area (Å²) in [6, 6.07) is 64.9. The molecule has 0 heterocycles. The van der Waals surface area contributed by atoms with Crippen molar-refractivity contribution in [1.82, 2.24) is 0 Å². The molecule has 0 saturated carbocycles. The van der Waals surface area contributed by atoms with Crippen LogP contribution in [0.15, 0.2) is 182 Å². The van der Waals surface area contributed by atoms with Gasteiger partial charge in [0.25, 0.3) is 0 Å². The van der Waals surface area contributed by atoms with Crippen LogP contribution in [0.4, 0.5) is 0 Å². The molecular weight excluding hydrogens is 747 g/mol. The van der Waals surface area contributed by atoms with E-state index in [0.717, 1.165) is 27.8 Å². The maximum Gasteiger partial charge on any atom is 0.343 e. The van der Waals surface area contributed by atoms with Gasteiger partial charge in [-0.05, 0) is 132 Å². The first-order chi connectivity index (χ1) is 28.2. The summed E-state index contributed by atoms with van der Waals surface area (Å²) in [5, 5.41) is 28.8. The summed E-state index contributed by atoms with van der Waals surface area (Å²) in [5.74, 6) is 0.124. The van der Waals surface area contributed by atoms with Gasteiger partial charge in [0.15, 0.2) is 0 Å². The monoisotopic (exact) mass is 797 g/mol. The highest BCUT2D eigenvalue weighted by atomic mass is 16.5. The fraction of sp³-hybridized carbons (Fsp3) is 0.107. The highest BCUT2D eigenvalue weighted by molar-refractivity contribution is 5.91. The number of hydrogen-bond acceptors (Lipinski definition) is 5. The number of esters is 1. The topological polar surface area (TPSA) is 97.7 Å². The van der Waals surface area contributed by atoms with E-state index in [9.17, 15) is 4.79 Å². The van der Waals surface area contributed by atoms with Crippen LogP contribution in [-0.4, -0.2) is 5.97 Å². The van der Waals surface area contributed by atoms with Crippen LogP contribution in [0.5, 0.6) is 5.75 Å². The fourth-order valence-electron chi connectivity index (χ4n) is 6.07. The molecule has 0 aliphatic rings. The Morgan fingerprint density at radius 2 is 0.689 bits per heavy atom. The molecular formula is C56H51N3O2. The van der Waals surface area contributed by atoms with E-state index in [1.54, 1.807) is 36.4 Å². The molecule has 0 spiro atoms.